The van der Waals surface area contributed by atoms with Crippen molar-refractivity contribution >= 4 is 15.9 Å². The van der Waals surface area contributed by atoms with Gasteiger partial charge in [0, 0.05) is 24.7 Å². The molecule has 0 saturated carbocycles. The Bertz CT molecular complexity index is 1050. The number of rotatable bonds is 6. The lowest BCUT2D eigenvalue weighted by Gasteiger charge is -2.21. The SMILES string of the molecule is COc1ccc(S(=O)(=O)N2CCCCCC2)cc1C(=O)NC(C)c1ccc(F)cc1F. The number of benzene rings is 2. The topological polar surface area (TPSA) is 75.7 Å². The van der Waals surface area contributed by atoms with Crippen LogP contribution in [0.5, 0.6) is 5.75 Å². The number of sulfonamides is 1. The van der Waals surface area contributed by atoms with Crippen molar-refractivity contribution in [2.45, 2.75) is 43.5 Å². The molecular weight excluding hydrogens is 426 g/mol. The molecule has 9 heteroatoms. The lowest BCUT2D eigenvalue weighted by atomic mass is 10.1. The van der Waals surface area contributed by atoms with Crippen LogP contribution in [0.15, 0.2) is 41.3 Å². The predicted octanol–water partition coefficient (Wildman–Crippen LogP) is 4.03. The number of methoxy groups -OCH3 is 1. The van der Waals surface area contributed by atoms with Gasteiger partial charge in [-0.2, -0.15) is 4.31 Å². The van der Waals surface area contributed by atoms with Crippen LogP contribution in [-0.4, -0.2) is 38.8 Å². The van der Waals surface area contributed by atoms with Crippen LogP contribution in [0, 0.1) is 11.6 Å². The number of carbonyl (C=O) groups excluding carboxylic acids is 1. The van der Waals surface area contributed by atoms with E-state index in [9.17, 15) is 22.0 Å². The first-order valence-corrected chi connectivity index (χ1v) is 11.6. The van der Waals surface area contributed by atoms with E-state index in [0.717, 1.165) is 37.8 Å². The minimum Gasteiger partial charge on any atom is -0.496 e. The second-order valence-electron chi connectivity index (χ2n) is 7.54. The highest BCUT2D eigenvalue weighted by Crippen LogP contribution is 2.27. The predicted molar refractivity (Wildman–Crippen MR) is 112 cm³/mol. The molecule has 1 amide bonds. The molecule has 0 spiro atoms. The summed E-state index contributed by atoms with van der Waals surface area (Å²) in [5.41, 5.74) is 0.134. The largest absolute Gasteiger partial charge is 0.496 e. The van der Waals surface area contributed by atoms with Gasteiger partial charge in [0.15, 0.2) is 0 Å². The van der Waals surface area contributed by atoms with Crippen LogP contribution in [0.4, 0.5) is 8.78 Å². The quantitative estimate of drug-likeness (QED) is 0.718. The van der Waals surface area contributed by atoms with Crippen molar-refractivity contribution in [1.29, 1.82) is 0 Å². The number of halogens is 2. The van der Waals surface area contributed by atoms with Gasteiger partial charge in [-0.15, -0.1) is 0 Å². The molecule has 1 saturated heterocycles. The Hall–Kier alpha value is -2.52. The number of nitrogens with one attached hydrogen (secondary N) is 1. The number of hydrogen-bond acceptors (Lipinski definition) is 4. The van der Waals surface area contributed by atoms with Crippen molar-refractivity contribution in [3.05, 3.63) is 59.2 Å². The zero-order chi connectivity index (χ0) is 22.6. The molecule has 1 unspecified atom stereocenters. The van der Waals surface area contributed by atoms with Gasteiger partial charge in [-0.3, -0.25) is 4.79 Å². The zero-order valence-corrected chi connectivity index (χ0v) is 18.3. The zero-order valence-electron chi connectivity index (χ0n) is 17.5. The Balaban J connectivity index is 1.88. The summed E-state index contributed by atoms with van der Waals surface area (Å²) in [4.78, 5) is 12.9. The summed E-state index contributed by atoms with van der Waals surface area (Å²) >= 11 is 0. The van der Waals surface area contributed by atoms with Crippen LogP contribution in [0.25, 0.3) is 0 Å². The average Bonchev–Trinajstić information content (AvgIpc) is 3.03. The van der Waals surface area contributed by atoms with Gasteiger partial charge in [0.1, 0.15) is 17.4 Å². The van der Waals surface area contributed by atoms with E-state index in [1.807, 2.05) is 0 Å². The van der Waals surface area contributed by atoms with Crippen LogP contribution in [0.3, 0.4) is 0 Å². The Labute approximate surface area is 181 Å². The highest BCUT2D eigenvalue weighted by Gasteiger charge is 2.27. The van der Waals surface area contributed by atoms with Gasteiger partial charge in [0.05, 0.1) is 23.6 Å². The molecule has 31 heavy (non-hydrogen) atoms. The summed E-state index contributed by atoms with van der Waals surface area (Å²) in [6.45, 7) is 2.44. The van der Waals surface area contributed by atoms with Crippen molar-refractivity contribution in [3.63, 3.8) is 0 Å². The summed E-state index contributed by atoms with van der Waals surface area (Å²) in [6, 6.07) is 6.46. The molecule has 0 aliphatic carbocycles. The van der Waals surface area contributed by atoms with Crippen LogP contribution in [0.2, 0.25) is 0 Å². The molecule has 2 aromatic rings. The average molecular weight is 453 g/mol. The van der Waals surface area contributed by atoms with Crippen molar-refractivity contribution in [2.75, 3.05) is 20.2 Å². The van der Waals surface area contributed by atoms with E-state index in [1.54, 1.807) is 6.92 Å². The fraction of sp³-hybridized carbons (Fsp3) is 0.409. The summed E-state index contributed by atoms with van der Waals surface area (Å²) in [6.07, 6.45) is 3.56. The van der Waals surface area contributed by atoms with Gasteiger partial charge in [-0.1, -0.05) is 18.9 Å². The van der Waals surface area contributed by atoms with Gasteiger partial charge in [0.2, 0.25) is 10.0 Å². The lowest BCUT2D eigenvalue weighted by molar-refractivity contribution is 0.0936. The van der Waals surface area contributed by atoms with Gasteiger partial charge in [-0.25, -0.2) is 17.2 Å². The summed E-state index contributed by atoms with van der Waals surface area (Å²) < 4.78 is 60.1. The molecule has 0 radical (unpaired) electrons. The fourth-order valence-corrected chi connectivity index (χ4v) is 5.20. The molecule has 1 aliphatic rings. The molecule has 1 atom stereocenters. The molecule has 3 rings (SSSR count). The maximum Gasteiger partial charge on any atom is 0.255 e. The lowest BCUT2D eigenvalue weighted by Crippen LogP contribution is -2.32. The smallest absolute Gasteiger partial charge is 0.255 e. The number of ether oxygens (including phenoxy) is 1. The highest BCUT2D eigenvalue weighted by atomic mass is 32.2. The first-order valence-electron chi connectivity index (χ1n) is 10.2. The van der Waals surface area contributed by atoms with E-state index in [-0.39, 0.29) is 21.8 Å². The van der Waals surface area contributed by atoms with Gasteiger partial charge >= 0.3 is 0 Å². The van der Waals surface area contributed by atoms with E-state index in [2.05, 4.69) is 5.32 Å². The molecule has 2 aromatic carbocycles. The second kappa shape index (κ2) is 9.74. The molecule has 1 aliphatic heterocycles. The minimum absolute atomic E-state index is 0.000894. The Kier molecular flexibility index (Phi) is 7.27. The van der Waals surface area contributed by atoms with Crippen LogP contribution in [0.1, 0.15) is 54.6 Å². The Morgan fingerprint density at radius 2 is 1.74 bits per heavy atom. The van der Waals surface area contributed by atoms with E-state index in [1.165, 1.54) is 35.7 Å². The van der Waals surface area contributed by atoms with Crippen molar-refractivity contribution in [3.8, 4) is 5.75 Å². The molecule has 1 fully saturated rings. The monoisotopic (exact) mass is 452 g/mol. The van der Waals surface area contributed by atoms with Crippen LogP contribution in [-0.2, 0) is 10.0 Å². The van der Waals surface area contributed by atoms with Gasteiger partial charge in [0.25, 0.3) is 5.91 Å². The third kappa shape index (κ3) is 5.22. The summed E-state index contributed by atoms with van der Waals surface area (Å²) in [7, 11) is -2.39. The first-order chi connectivity index (χ1) is 14.7. The van der Waals surface area contributed by atoms with Crippen LogP contribution < -0.4 is 10.1 Å². The normalized spacial score (nSPS) is 16.4. The van der Waals surface area contributed by atoms with Crippen molar-refractivity contribution < 1.29 is 26.7 Å². The number of nitrogens with zero attached hydrogens (tertiary/aromatic N) is 1. The van der Waals surface area contributed by atoms with E-state index < -0.39 is 33.6 Å². The van der Waals surface area contributed by atoms with E-state index >= 15 is 0 Å². The van der Waals surface area contributed by atoms with E-state index in [0.29, 0.717) is 13.1 Å². The van der Waals surface area contributed by atoms with Crippen molar-refractivity contribution in [1.82, 2.24) is 9.62 Å². The van der Waals surface area contributed by atoms with Gasteiger partial charge in [-0.05, 0) is 44.0 Å². The molecular formula is C22H26F2N2O4S. The maximum absolute atomic E-state index is 14.1. The summed E-state index contributed by atoms with van der Waals surface area (Å²) in [5, 5.41) is 2.63. The maximum atomic E-state index is 14.1. The molecule has 168 valence electrons. The third-order valence-electron chi connectivity index (χ3n) is 5.39. The number of hydrogen-bond donors (Lipinski definition) is 1. The van der Waals surface area contributed by atoms with Gasteiger partial charge < -0.3 is 10.1 Å². The molecule has 6 nitrogen and oxygen atoms in total. The highest BCUT2D eigenvalue weighted by molar-refractivity contribution is 7.89. The summed E-state index contributed by atoms with van der Waals surface area (Å²) in [5.74, 6) is -1.93. The fourth-order valence-electron chi connectivity index (χ4n) is 3.66. The van der Waals surface area contributed by atoms with Crippen LogP contribution >= 0.6 is 0 Å². The van der Waals surface area contributed by atoms with E-state index in [4.69, 9.17) is 4.74 Å². The molecule has 0 aromatic heterocycles. The standard InChI is InChI=1S/C22H26F2N2O4S/c1-15(18-9-7-16(23)13-20(18)24)25-22(27)19-14-17(8-10-21(19)30-2)31(28,29)26-11-5-3-4-6-12-26/h7-10,13-15H,3-6,11-12H2,1-2H3,(H,25,27). The third-order valence-corrected chi connectivity index (χ3v) is 7.29. The Morgan fingerprint density at radius 1 is 1.06 bits per heavy atom. The minimum atomic E-state index is -3.76. The van der Waals surface area contributed by atoms with Crippen molar-refractivity contribution in [2.24, 2.45) is 0 Å². The molecule has 0 bridgehead atoms. The molecule has 1 N–H and O–H groups in total. The first kappa shape index (κ1) is 23.1. The molecule has 1 heterocycles. The number of amides is 1. The number of carbonyl (C=O) groups is 1. The Morgan fingerprint density at radius 3 is 2.35 bits per heavy atom. The second-order valence-corrected chi connectivity index (χ2v) is 9.48.